The van der Waals surface area contributed by atoms with Gasteiger partial charge in [0.25, 0.3) is 0 Å². The number of halogens is 1. The SMILES string of the molecule is O=C(Cl)NCC1CCCCC1. The molecule has 1 aliphatic rings. The Morgan fingerprint density at radius 2 is 2.00 bits per heavy atom. The molecule has 0 saturated heterocycles. The maximum atomic E-state index is 10.3. The molecule has 2 nitrogen and oxygen atoms in total. The van der Waals surface area contributed by atoms with Crippen LogP contribution < -0.4 is 5.32 Å². The summed E-state index contributed by atoms with van der Waals surface area (Å²) in [4.78, 5) is 10.3. The molecule has 1 saturated carbocycles. The van der Waals surface area contributed by atoms with Crippen molar-refractivity contribution >= 4 is 17.0 Å². The van der Waals surface area contributed by atoms with Gasteiger partial charge < -0.3 is 5.32 Å². The van der Waals surface area contributed by atoms with Crippen molar-refractivity contribution in [1.29, 1.82) is 0 Å². The lowest BCUT2D eigenvalue weighted by molar-refractivity contribution is 0.255. The molecule has 3 heteroatoms. The van der Waals surface area contributed by atoms with Crippen molar-refractivity contribution in [3.8, 4) is 0 Å². The van der Waals surface area contributed by atoms with E-state index in [-0.39, 0.29) is 0 Å². The van der Waals surface area contributed by atoms with Crippen LogP contribution in [0.1, 0.15) is 32.1 Å². The van der Waals surface area contributed by atoms with Crippen LogP contribution in [0.5, 0.6) is 0 Å². The van der Waals surface area contributed by atoms with E-state index in [0.29, 0.717) is 5.92 Å². The van der Waals surface area contributed by atoms with Crippen LogP contribution in [0.25, 0.3) is 0 Å². The lowest BCUT2D eigenvalue weighted by Crippen LogP contribution is -2.26. The van der Waals surface area contributed by atoms with Gasteiger partial charge in [0.05, 0.1) is 0 Å². The molecular weight excluding hydrogens is 162 g/mol. The van der Waals surface area contributed by atoms with E-state index >= 15 is 0 Å². The number of nitrogens with one attached hydrogen (secondary N) is 1. The van der Waals surface area contributed by atoms with Crippen LogP contribution in [0.2, 0.25) is 0 Å². The Labute approximate surface area is 72.3 Å². The van der Waals surface area contributed by atoms with Crippen LogP contribution in [-0.2, 0) is 0 Å². The Balaban J connectivity index is 2.09. The van der Waals surface area contributed by atoms with Crippen LogP contribution in [-0.4, -0.2) is 11.9 Å². The van der Waals surface area contributed by atoms with Crippen LogP contribution in [0.4, 0.5) is 4.79 Å². The minimum atomic E-state index is -0.421. The monoisotopic (exact) mass is 175 g/mol. The summed E-state index contributed by atoms with van der Waals surface area (Å²) in [5, 5.41) is 2.22. The third-order valence-electron chi connectivity index (χ3n) is 2.25. The van der Waals surface area contributed by atoms with Crippen molar-refractivity contribution in [2.75, 3.05) is 6.54 Å². The Bertz CT molecular complexity index is 132. The number of hydrogen-bond donors (Lipinski definition) is 1. The molecular formula is C8H14ClNO. The predicted molar refractivity (Wildman–Crippen MR) is 45.8 cm³/mol. The van der Waals surface area contributed by atoms with E-state index in [1.54, 1.807) is 0 Å². The second-order valence-electron chi connectivity index (χ2n) is 3.16. The lowest BCUT2D eigenvalue weighted by Gasteiger charge is -2.20. The normalized spacial score (nSPS) is 19.7. The summed E-state index contributed by atoms with van der Waals surface area (Å²) in [6, 6.07) is 0. The third-order valence-corrected chi connectivity index (χ3v) is 2.39. The highest BCUT2D eigenvalue weighted by Gasteiger charge is 2.13. The molecule has 0 aromatic rings. The maximum absolute atomic E-state index is 10.3. The molecule has 0 heterocycles. The minimum Gasteiger partial charge on any atom is -0.342 e. The summed E-state index contributed by atoms with van der Waals surface area (Å²) in [5.74, 6) is 0.673. The number of carbonyl (C=O) groups is 1. The molecule has 0 aromatic heterocycles. The maximum Gasteiger partial charge on any atom is 0.313 e. The van der Waals surface area contributed by atoms with Gasteiger partial charge in [-0.25, -0.2) is 0 Å². The highest BCUT2D eigenvalue weighted by atomic mass is 35.5. The molecule has 0 aromatic carbocycles. The second-order valence-corrected chi connectivity index (χ2v) is 3.50. The first kappa shape index (κ1) is 8.85. The van der Waals surface area contributed by atoms with E-state index in [0.717, 1.165) is 6.54 Å². The lowest BCUT2D eigenvalue weighted by atomic mass is 9.89. The zero-order chi connectivity index (χ0) is 8.10. The Morgan fingerprint density at radius 3 is 2.55 bits per heavy atom. The quantitative estimate of drug-likeness (QED) is 0.507. The van der Waals surface area contributed by atoms with Crippen LogP contribution in [0.3, 0.4) is 0 Å². The van der Waals surface area contributed by atoms with E-state index < -0.39 is 5.37 Å². The van der Waals surface area contributed by atoms with Gasteiger partial charge in [0.1, 0.15) is 0 Å². The van der Waals surface area contributed by atoms with E-state index in [2.05, 4.69) is 5.32 Å². The first-order valence-electron chi connectivity index (χ1n) is 4.22. The molecule has 64 valence electrons. The van der Waals surface area contributed by atoms with E-state index in [9.17, 15) is 4.79 Å². The van der Waals surface area contributed by atoms with Gasteiger partial charge in [-0.3, -0.25) is 4.79 Å². The third kappa shape index (κ3) is 3.61. The van der Waals surface area contributed by atoms with Gasteiger partial charge in [0, 0.05) is 6.54 Å². The Kier molecular flexibility index (Phi) is 3.70. The zero-order valence-corrected chi connectivity index (χ0v) is 7.36. The van der Waals surface area contributed by atoms with Crippen molar-refractivity contribution in [3.63, 3.8) is 0 Å². The van der Waals surface area contributed by atoms with Gasteiger partial charge >= 0.3 is 5.37 Å². The fourth-order valence-electron chi connectivity index (χ4n) is 1.62. The molecule has 1 N–H and O–H groups in total. The van der Waals surface area contributed by atoms with Crippen LogP contribution in [0, 0.1) is 5.92 Å². The highest BCUT2D eigenvalue weighted by molar-refractivity contribution is 6.62. The molecule has 1 rings (SSSR count). The van der Waals surface area contributed by atoms with Crippen LogP contribution in [0.15, 0.2) is 0 Å². The Morgan fingerprint density at radius 1 is 1.36 bits per heavy atom. The molecule has 0 unspecified atom stereocenters. The molecule has 1 fully saturated rings. The number of carbonyl (C=O) groups excluding carboxylic acids is 1. The molecule has 1 aliphatic carbocycles. The number of rotatable bonds is 2. The van der Waals surface area contributed by atoms with Gasteiger partial charge in [-0.1, -0.05) is 19.3 Å². The first-order chi connectivity index (χ1) is 5.29. The number of amides is 1. The van der Waals surface area contributed by atoms with Crippen molar-refractivity contribution in [2.45, 2.75) is 32.1 Å². The largest absolute Gasteiger partial charge is 0.342 e. The molecule has 0 spiro atoms. The smallest absolute Gasteiger partial charge is 0.313 e. The molecule has 0 aliphatic heterocycles. The van der Waals surface area contributed by atoms with Gasteiger partial charge in [-0.05, 0) is 30.4 Å². The average molecular weight is 176 g/mol. The van der Waals surface area contributed by atoms with Gasteiger partial charge in [0.2, 0.25) is 0 Å². The Hall–Kier alpha value is -0.240. The zero-order valence-electron chi connectivity index (χ0n) is 6.61. The molecule has 0 radical (unpaired) electrons. The summed E-state index contributed by atoms with van der Waals surface area (Å²) < 4.78 is 0. The summed E-state index contributed by atoms with van der Waals surface area (Å²) in [5.41, 5.74) is 0. The van der Waals surface area contributed by atoms with Crippen molar-refractivity contribution in [3.05, 3.63) is 0 Å². The fraction of sp³-hybridized carbons (Fsp3) is 0.875. The topological polar surface area (TPSA) is 29.1 Å². The van der Waals surface area contributed by atoms with E-state index in [1.807, 2.05) is 0 Å². The van der Waals surface area contributed by atoms with Crippen molar-refractivity contribution in [1.82, 2.24) is 5.32 Å². The molecule has 1 amide bonds. The summed E-state index contributed by atoms with van der Waals surface area (Å²) in [6.45, 7) is 0.766. The second kappa shape index (κ2) is 4.60. The summed E-state index contributed by atoms with van der Waals surface area (Å²) in [7, 11) is 0. The van der Waals surface area contributed by atoms with Gasteiger partial charge in [-0.2, -0.15) is 0 Å². The number of hydrogen-bond acceptors (Lipinski definition) is 1. The molecule has 0 atom stereocenters. The van der Waals surface area contributed by atoms with Gasteiger partial charge in [0.15, 0.2) is 0 Å². The van der Waals surface area contributed by atoms with Gasteiger partial charge in [-0.15, -0.1) is 0 Å². The average Bonchev–Trinajstić information content (AvgIpc) is 2.03. The standard InChI is InChI=1S/C8H14ClNO/c9-8(11)10-6-7-4-2-1-3-5-7/h7H,1-6H2,(H,10,11). The minimum absolute atomic E-state index is 0.421. The van der Waals surface area contributed by atoms with Crippen LogP contribution >= 0.6 is 11.6 Å². The van der Waals surface area contributed by atoms with Crippen molar-refractivity contribution in [2.24, 2.45) is 5.92 Å². The first-order valence-corrected chi connectivity index (χ1v) is 4.60. The van der Waals surface area contributed by atoms with Crippen molar-refractivity contribution < 1.29 is 4.79 Å². The summed E-state index contributed by atoms with van der Waals surface area (Å²) >= 11 is 5.15. The molecule has 11 heavy (non-hydrogen) atoms. The summed E-state index contributed by atoms with van der Waals surface area (Å²) in [6.07, 6.45) is 6.46. The van der Waals surface area contributed by atoms with E-state index in [1.165, 1.54) is 32.1 Å². The van der Waals surface area contributed by atoms with E-state index in [4.69, 9.17) is 11.6 Å². The fourth-order valence-corrected chi connectivity index (χ4v) is 1.69. The predicted octanol–water partition coefficient (Wildman–Crippen LogP) is 2.52. The highest BCUT2D eigenvalue weighted by Crippen LogP contribution is 2.22. The molecule has 0 bridgehead atoms.